The van der Waals surface area contributed by atoms with Crippen LogP contribution in [0.1, 0.15) is 33.1 Å². The summed E-state index contributed by atoms with van der Waals surface area (Å²) < 4.78 is 0. The van der Waals surface area contributed by atoms with Crippen molar-refractivity contribution >= 4 is 40.6 Å². The number of benzene rings is 1. The van der Waals surface area contributed by atoms with Crippen LogP contribution in [0, 0.1) is 0 Å². The van der Waals surface area contributed by atoms with Gasteiger partial charge < -0.3 is 11.1 Å². The molecule has 0 aliphatic heterocycles. The molecule has 0 saturated heterocycles. The molecule has 0 aromatic heterocycles. The predicted molar refractivity (Wildman–Crippen MR) is 85.9 cm³/mol. The van der Waals surface area contributed by atoms with Gasteiger partial charge in [0.25, 0.3) is 0 Å². The zero-order valence-electron chi connectivity index (χ0n) is 11.4. The van der Waals surface area contributed by atoms with E-state index in [4.69, 9.17) is 17.3 Å². The summed E-state index contributed by atoms with van der Waals surface area (Å²) in [5, 5.41) is 3.22. The molecule has 1 unspecified atom stereocenters. The van der Waals surface area contributed by atoms with Crippen LogP contribution in [0.5, 0.6) is 0 Å². The normalized spacial score (nSPS) is 12.2. The molecule has 0 heterocycles. The van der Waals surface area contributed by atoms with Gasteiger partial charge >= 0.3 is 0 Å². The molecule has 19 heavy (non-hydrogen) atoms. The van der Waals surface area contributed by atoms with Crippen molar-refractivity contribution in [2.24, 2.45) is 0 Å². The largest absolute Gasteiger partial charge is 0.399 e. The molecule has 0 fully saturated rings. The van der Waals surface area contributed by atoms with E-state index in [1.165, 1.54) is 12.8 Å². The molecule has 1 amide bonds. The number of amides is 1. The van der Waals surface area contributed by atoms with Crippen molar-refractivity contribution < 1.29 is 4.79 Å². The van der Waals surface area contributed by atoms with E-state index < -0.39 is 0 Å². The lowest BCUT2D eigenvalue weighted by Crippen LogP contribution is -2.23. The number of nitrogens with one attached hydrogen (secondary N) is 1. The summed E-state index contributed by atoms with van der Waals surface area (Å²) in [6.07, 6.45) is 3.56. The van der Waals surface area contributed by atoms with Crippen molar-refractivity contribution in [2.75, 3.05) is 16.8 Å². The van der Waals surface area contributed by atoms with Gasteiger partial charge in [0.15, 0.2) is 0 Å². The van der Waals surface area contributed by atoms with Crippen LogP contribution in [-0.4, -0.2) is 16.9 Å². The standard InChI is InChI=1S/C14H21ClN2OS/c1-3-4-5-8-19-10(2)14(18)17-13-7-6-11(16)9-12(13)15/h6-7,9-10H,3-5,8,16H2,1-2H3,(H,17,18). The van der Waals surface area contributed by atoms with Gasteiger partial charge in [-0.15, -0.1) is 11.8 Å². The van der Waals surface area contributed by atoms with Gasteiger partial charge in [-0.2, -0.15) is 0 Å². The maximum Gasteiger partial charge on any atom is 0.237 e. The minimum absolute atomic E-state index is 0.0202. The van der Waals surface area contributed by atoms with Gasteiger partial charge in [-0.1, -0.05) is 31.4 Å². The maximum absolute atomic E-state index is 12.0. The Bertz CT molecular complexity index is 426. The number of thioether (sulfide) groups is 1. The smallest absolute Gasteiger partial charge is 0.237 e. The number of rotatable bonds is 7. The average molecular weight is 301 g/mol. The topological polar surface area (TPSA) is 55.1 Å². The van der Waals surface area contributed by atoms with Crippen LogP contribution in [0.15, 0.2) is 18.2 Å². The molecule has 0 radical (unpaired) electrons. The number of nitrogens with two attached hydrogens (primary N) is 1. The van der Waals surface area contributed by atoms with Crippen LogP contribution in [0.2, 0.25) is 5.02 Å². The third kappa shape index (κ3) is 5.74. The van der Waals surface area contributed by atoms with E-state index in [2.05, 4.69) is 12.2 Å². The summed E-state index contributed by atoms with van der Waals surface area (Å²) in [6.45, 7) is 4.08. The van der Waals surface area contributed by atoms with Gasteiger partial charge in [-0.25, -0.2) is 0 Å². The summed E-state index contributed by atoms with van der Waals surface area (Å²) in [5.74, 6) is 0.992. The van der Waals surface area contributed by atoms with Crippen molar-refractivity contribution in [3.05, 3.63) is 23.2 Å². The van der Waals surface area contributed by atoms with E-state index in [0.29, 0.717) is 16.4 Å². The highest BCUT2D eigenvalue weighted by Crippen LogP contribution is 2.25. The number of hydrogen-bond acceptors (Lipinski definition) is 3. The molecule has 1 aromatic rings. The molecule has 3 nitrogen and oxygen atoms in total. The summed E-state index contributed by atoms with van der Waals surface area (Å²) in [6, 6.07) is 5.08. The van der Waals surface area contributed by atoms with Gasteiger partial charge in [0.1, 0.15) is 0 Å². The molecule has 0 saturated carbocycles. The van der Waals surface area contributed by atoms with Crippen LogP contribution in [-0.2, 0) is 4.79 Å². The molecule has 0 spiro atoms. The summed E-state index contributed by atoms with van der Waals surface area (Å²) in [7, 11) is 0. The Balaban J connectivity index is 2.45. The third-order valence-corrected chi connectivity index (χ3v) is 4.29. The van der Waals surface area contributed by atoms with Crippen LogP contribution < -0.4 is 11.1 Å². The van der Waals surface area contributed by atoms with Gasteiger partial charge in [0.2, 0.25) is 5.91 Å². The van der Waals surface area contributed by atoms with Gasteiger partial charge in [0.05, 0.1) is 16.0 Å². The number of anilines is 2. The minimum atomic E-state index is -0.0783. The number of unbranched alkanes of at least 4 members (excludes halogenated alkanes) is 2. The van der Waals surface area contributed by atoms with E-state index in [1.54, 1.807) is 30.0 Å². The van der Waals surface area contributed by atoms with Crippen molar-refractivity contribution in [1.29, 1.82) is 0 Å². The zero-order valence-corrected chi connectivity index (χ0v) is 13.0. The molecule has 0 aliphatic rings. The second-order valence-corrected chi connectivity index (χ2v) is 6.30. The van der Waals surface area contributed by atoms with Crippen LogP contribution in [0.3, 0.4) is 0 Å². The van der Waals surface area contributed by atoms with Gasteiger partial charge in [0, 0.05) is 5.69 Å². The second kappa shape index (κ2) is 8.33. The number of hydrogen-bond donors (Lipinski definition) is 2. The van der Waals surface area contributed by atoms with Crippen molar-refractivity contribution in [2.45, 2.75) is 38.4 Å². The number of nitrogen functional groups attached to an aromatic ring is 1. The van der Waals surface area contributed by atoms with E-state index in [-0.39, 0.29) is 11.2 Å². The quantitative estimate of drug-likeness (QED) is 0.587. The molecule has 1 aromatic carbocycles. The van der Waals surface area contributed by atoms with Gasteiger partial charge in [-0.05, 0) is 37.3 Å². The highest BCUT2D eigenvalue weighted by molar-refractivity contribution is 8.00. The number of carbonyl (C=O) groups is 1. The first-order valence-electron chi connectivity index (χ1n) is 6.52. The van der Waals surface area contributed by atoms with Crippen molar-refractivity contribution in [3.8, 4) is 0 Å². The second-order valence-electron chi connectivity index (χ2n) is 4.45. The fourth-order valence-corrected chi connectivity index (χ4v) is 2.73. The highest BCUT2D eigenvalue weighted by atomic mass is 35.5. The molecule has 3 N–H and O–H groups in total. The highest BCUT2D eigenvalue weighted by Gasteiger charge is 2.14. The fourth-order valence-electron chi connectivity index (χ4n) is 1.55. The molecule has 0 aliphatic carbocycles. The Morgan fingerprint density at radius 3 is 2.84 bits per heavy atom. The Morgan fingerprint density at radius 2 is 2.21 bits per heavy atom. The summed E-state index contributed by atoms with van der Waals surface area (Å²) in [4.78, 5) is 12.0. The van der Waals surface area contributed by atoms with E-state index in [1.807, 2.05) is 6.92 Å². The van der Waals surface area contributed by atoms with Crippen molar-refractivity contribution in [3.63, 3.8) is 0 Å². The fraction of sp³-hybridized carbons (Fsp3) is 0.500. The molecule has 5 heteroatoms. The monoisotopic (exact) mass is 300 g/mol. The first kappa shape index (κ1) is 16.2. The Hall–Kier alpha value is -0.870. The first-order chi connectivity index (χ1) is 9.04. The molecular formula is C14H21ClN2OS. The number of carbonyl (C=O) groups excluding carboxylic acids is 1. The van der Waals surface area contributed by atoms with Crippen LogP contribution in [0.25, 0.3) is 0 Å². The van der Waals surface area contributed by atoms with Crippen LogP contribution >= 0.6 is 23.4 Å². The van der Waals surface area contributed by atoms with Crippen molar-refractivity contribution in [1.82, 2.24) is 0 Å². The molecule has 1 rings (SSSR count). The SMILES string of the molecule is CCCCCSC(C)C(=O)Nc1ccc(N)cc1Cl. The lowest BCUT2D eigenvalue weighted by Gasteiger charge is -2.13. The average Bonchev–Trinajstić information content (AvgIpc) is 2.37. The third-order valence-electron chi connectivity index (χ3n) is 2.74. The summed E-state index contributed by atoms with van der Waals surface area (Å²) >= 11 is 7.70. The first-order valence-corrected chi connectivity index (χ1v) is 7.94. The Kier molecular flexibility index (Phi) is 7.10. The predicted octanol–water partition coefficient (Wildman–Crippen LogP) is 4.17. The van der Waals surface area contributed by atoms with Gasteiger partial charge in [-0.3, -0.25) is 4.79 Å². The minimum Gasteiger partial charge on any atom is -0.399 e. The van der Waals surface area contributed by atoms with Crippen LogP contribution in [0.4, 0.5) is 11.4 Å². The maximum atomic E-state index is 12.0. The van der Waals surface area contributed by atoms with E-state index in [0.717, 1.165) is 12.2 Å². The lowest BCUT2D eigenvalue weighted by molar-refractivity contribution is -0.115. The van der Waals surface area contributed by atoms with E-state index >= 15 is 0 Å². The number of halogens is 1. The van der Waals surface area contributed by atoms with E-state index in [9.17, 15) is 4.79 Å². The lowest BCUT2D eigenvalue weighted by atomic mass is 10.2. The molecular weight excluding hydrogens is 280 g/mol. The molecule has 106 valence electrons. The Morgan fingerprint density at radius 1 is 1.47 bits per heavy atom. The Labute approximate surface area is 124 Å². The molecule has 1 atom stereocenters. The summed E-state index contributed by atoms with van der Waals surface area (Å²) in [5.41, 5.74) is 6.81. The zero-order chi connectivity index (χ0) is 14.3. The molecule has 0 bridgehead atoms.